The Morgan fingerprint density at radius 1 is 1.20 bits per heavy atom. The van der Waals surface area contributed by atoms with Crippen LogP contribution in [0.1, 0.15) is 31.2 Å². The van der Waals surface area contributed by atoms with E-state index >= 15 is 0 Å². The Labute approximate surface area is 96.6 Å². The first-order valence-electron chi connectivity index (χ1n) is 5.76. The molecule has 0 heterocycles. The fourth-order valence-corrected chi connectivity index (χ4v) is 2.57. The highest BCUT2D eigenvalue weighted by molar-refractivity contribution is 6.30. The van der Waals surface area contributed by atoms with Gasteiger partial charge >= 0.3 is 0 Å². The van der Waals surface area contributed by atoms with Gasteiger partial charge in [0.2, 0.25) is 0 Å². The standard InChI is InChI=1S/C13H18ClN/c14-12-7-5-10(6-8-12)9-13(15)11-3-1-2-4-11/h5-8,11,13H,1-4,9,15H2. The lowest BCUT2D eigenvalue weighted by atomic mass is 9.93. The van der Waals surface area contributed by atoms with Crippen molar-refractivity contribution in [3.8, 4) is 0 Å². The maximum absolute atomic E-state index is 6.22. The van der Waals surface area contributed by atoms with Crippen LogP contribution in [0.5, 0.6) is 0 Å². The monoisotopic (exact) mass is 223 g/mol. The molecule has 0 bridgehead atoms. The van der Waals surface area contributed by atoms with Gasteiger partial charge in [-0.05, 0) is 42.9 Å². The highest BCUT2D eigenvalue weighted by Crippen LogP contribution is 2.28. The molecule has 1 nitrogen and oxygen atoms in total. The summed E-state index contributed by atoms with van der Waals surface area (Å²) in [6.07, 6.45) is 6.34. The van der Waals surface area contributed by atoms with Gasteiger partial charge in [0.05, 0.1) is 0 Å². The van der Waals surface area contributed by atoms with Crippen molar-refractivity contribution in [2.75, 3.05) is 0 Å². The predicted octanol–water partition coefficient (Wildman–Crippen LogP) is 3.40. The lowest BCUT2D eigenvalue weighted by molar-refractivity contribution is 0.429. The van der Waals surface area contributed by atoms with Crippen molar-refractivity contribution in [3.05, 3.63) is 34.9 Å². The van der Waals surface area contributed by atoms with E-state index in [4.69, 9.17) is 17.3 Å². The molecule has 1 unspecified atom stereocenters. The van der Waals surface area contributed by atoms with Crippen molar-refractivity contribution in [3.63, 3.8) is 0 Å². The van der Waals surface area contributed by atoms with E-state index in [2.05, 4.69) is 12.1 Å². The van der Waals surface area contributed by atoms with Crippen LogP contribution in [0.2, 0.25) is 5.02 Å². The quantitative estimate of drug-likeness (QED) is 0.835. The molecule has 1 fully saturated rings. The molecule has 1 aliphatic carbocycles. The zero-order valence-corrected chi connectivity index (χ0v) is 9.71. The van der Waals surface area contributed by atoms with E-state index in [1.807, 2.05) is 12.1 Å². The molecule has 0 aliphatic heterocycles. The van der Waals surface area contributed by atoms with Crippen LogP contribution in [0.4, 0.5) is 0 Å². The molecular formula is C13H18ClN. The molecule has 1 aromatic rings. The third-order valence-corrected chi connectivity index (χ3v) is 3.64. The molecule has 2 rings (SSSR count). The van der Waals surface area contributed by atoms with Gasteiger partial charge in [-0.25, -0.2) is 0 Å². The summed E-state index contributed by atoms with van der Waals surface area (Å²) in [7, 11) is 0. The summed E-state index contributed by atoms with van der Waals surface area (Å²) in [6, 6.07) is 8.37. The van der Waals surface area contributed by atoms with Gasteiger partial charge in [-0.1, -0.05) is 36.6 Å². The maximum atomic E-state index is 6.22. The Morgan fingerprint density at radius 3 is 2.40 bits per heavy atom. The molecule has 2 heteroatoms. The van der Waals surface area contributed by atoms with E-state index in [9.17, 15) is 0 Å². The molecular weight excluding hydrogens is 206 g/mol. The average Bonchev–Trinajstić information content (AvgIpc) is 2.74. The largest absolute Gasteiger partial charge is 0.327 e. The summed E-state index contributed by atoms with van der Waals surface area (Å²) in [5.41, 5.74) is 7.52. The van der Waals surface area contributed by atoms with Gasteiger partial charge in [-0.3, -0.25) is 0 Å². The van der Waals surface area contributed by atoms with Crippen molar-refractivity contribution in [1.82, 2.24) is 0 Å². The second kappa shape index (κ2) is 5.00. The SMILES string of the molecule is NC(Cc1ccc(Cl)cc1)C1CCCC1. The van der Waals surface area contributed by atoms with E-state index < -0.39 is 0 Å². The van der Waals surface area contributed by atoms with Gasteiger partial charge in [0.25, 0.3) is 0 Å². The molecule has 2 N–H and O–H groups in total. The Hall–Kier alpha value is -0.530. The van der Waals surface area contributed by atoms with Crippen LogP contribution in [0.3, 0.4) is 0 Å². The molecule has 0 radical (unpaired) electrons. The summed E-state index contributed by atoms with van der Waals surface area (Å²) in [5, 5.41) is 0.799. The van der Waals surface area contributed by atoms with Gasteiger partial charge in [-0.15, -0.1) is 0 Å². The lowest BCUT2D eigenvalue weighted by Crippen LogP contribution is -2.30. The van der Waals surface area contributed by atoms with E-state index in [1.54, 1.807) is 0 Å². The lowest BCUT2D eigenvalue weighted by Gasteiger charge is -2.18. The number of nitrogens with two attached hydrogens (primary N) is 1. The Bertz CT molecular complexity index is 301. The van der Waals surface area contributed by atoms with Crippen LogP contribution in [-0.2, 0) is 6.42 Å². The Kier molecular flexibility index (Phi) is 3.66. The number of rotatable bonds is 3. The van der Waals surface area contributed by atoms with Crippen LogP contribution in [0, 0.1) is 5.92 Å². The number of benzene rings is 1. The predicted molar refractivity (Wildman–Crippen MR) is 65.1 cm³/mol. The van der Waals surface area contributed by atoms with Crippen LogP contribution < -0.4 is 5.73 Å². The van der Waals surface area contributed by atoms with Gasteiger partial charge in [0.1, 0.15) is 0 Å². The third kappa shape index (κ3) is 2.96. The summed E-state index contributed by atoms with van der Waals surface area (Å²) in [6.45, 7) is 0. The van der Waals surface area contributed by atoms with Gasteiger partial charge in [-0.2, -0.15) is 0 Å². The minimum absolute atomic E-state index is 0.327. The molecule has 1 aromatic carbocycles. The first kappa shape index (κ1) is 11.0. The number of halogens is 1. The molecule has 0 spiro atoms. The minimum Gasteiger partial charge on any atom is -0.327 e. The maximum Gasteiger partial charge on any atom is 0.0406 e. The second-order valence-corrected chi connectivity index (χ2v) is 4.98. The Morgan fingerprint density at radius 2 is 1.80 bits per heavy atom. The van der Waals surface area contributed by atoms with E-state index in [1.165, 1.54) is 31.2 Å². The number of hydrogen-bond acceptors (Lipinski definition) is 1. The zero-order chi connectivity index (χ0) is 10.7. The topological polar surface area (TPSA) is 26.0 Å². The molecule has 0 amide bonds. The van der Waals surface area contributed by atoms with Crippen LogP contribution >= 0.6 is 11.6 Å². The van der Waals surface area contributed by atoms with Gasteiger partial charge in [0.15, 0.2) is 0 Å². The van der Waals surface area contributed by atoms with E-state index in [0.717, 1.165) is 17.4 Å². The highest BCUT2D eigenvalue weighted by Gasteiger charge is 2.21. The highest BCUT2D eigenvalue weighted by atomic mass is 35.5. The third-order valence-electron chi connectivity index (χ3n) is 3.39. The molecule has 1 atom stereocenters. The van der Waals surface area contributed by atoms with Crippen molar-refractivity contribution in [2.45, 2.75) is 38.1 Å². The molecule has 1 saturated carbocycles. The smallest absolute Gasteiger partial charge is 0.0406 e. The Balaban J connectivity index is 1.92. The van der Waals surface area contributed by atoms with Crippen LogP contribution in [0.25, 0.3) is 0 Å². The normalized spacial score (nSPS) is 19.3. The van der Waals surface area contributed by atoms with Crippen molar-refractivity contribution >= 4 is 11.6 Å². The van der Waals surface area contributed by atoms with E-state index in [0.29, 0.717) is 6.04 Å². The summed E-state index contributed by atoms with van der Waals surface area (Å²) in [4.78, 5) is 0. The fourth-order valence-electron chi connectivity index (χ4n) is 2.44. The summed E-state index contributed by atoms with van der Waals surface area (Å²) in [5.74, 6) is 0.737. The molecule has 0 saturated heterocycles. The van der Waals surface area contributed by atoms with Crippen LogP contribution in [0.15, 0.2) is 24.3 Å². The molecule has 82 valence electrons. The first-order chi connectivity index (χ1) is 7.25. The first-order valence-corrected chi connectivity index (χ1v) is 6.13. The number of hydrogen-bond donors (Lipinski definition) is 1. The summed E-state index contributed by atoms with van der Waals surface area (Å²) >= 11 is 5.84. The molecule has 15 heavy (non-hydrogen) atoms. The second-order valence-electron chi connectivity index (χ2n) is 4.54. The van der Waals surface area contributed by atoms with Crippen molar-refractivity contribution in [2.24, 2.45) is 11.7 Å². The van der Waals surface area contributed by atoms with Gasteiger partial charge < -0.3 is 5.73 Å². The molecule has 0 aromatic heterocycles. The average molecular weight is 224 g/mol. The minimum atomic E-state index is 0.327. The zero-order valence-electron chi connectivity index (χ0n) is 8.95. The van der Waals surface area contributed by atoms with E-state index in [-0.39, 0.29) is 0 Å². The molecule has 1 aliphatic rings. The van der Waals surface area contributed by atoms with Crippen molar-refractivity contribution in [1.29, 1.82) is 0 Å². The fraction of sp³-hybridized carbons (Fsp3) is 0.538. The van der Waals surface area contributed by atoms with Crippen LogP contribution in [-0.4, -0.2) is 6.04 Å². The van der Waals surface area contributed by atoms with Gasteiger partial charge in [0, 0.05) is 11.1 Å². The summed E-state index contributed by atoms with van der Waals surface area (Å²) < 4.78 is 0. The van der Waals surface area contributed by atoms with Crippen molar-refractivity contribution < 1.29 is 0 Å².